The number of amides is 2. The minimum absolute atomic E-state index is 0.0946. The highest BCUT2D eigenvalue weighted by Gasteiger charge is 2.15. The van der Waals surface area contributed by atoms with E-state index >= 15 is 0 Å². The van der Waals surface area contributed by atoms with Crippen LogP contribution in [-0.4, -0.2) is 42.5 Å². The predicted octanol–water partition coefficient (Wildman–Crippen LogP) is 3.13. The lowest BCUT2D eigenvalue weighted by molar-refractivity contribution is 0.0956. The van der Waals surface area contributed by atoms with Gasteiger partial charge in [0.1, 0.15) is 11.5 Å². The second-order valence-corrected chi connectivity index (χ2v) is 6.51. The SMILES string of the molecule is COc1ccc(C(=O)Nc2ccccc2C(=O)NN=Cc2ccc(O)cc2O)cc1OC. The van der Waals surface area contributed by atoms with Crippen LogP contribution < -0.4 is 20.2 Å². The van der Waals surface area contributed by atoms with Gasteiger partial charge in [-0.3, -0.25) is 9.59 Å². The van der Waals surface area contributed by atoms with Gasteiger partial charge in [-0.2, -0.15) is 5.10 Å². The molecule has 0 saturated heterocycles. The number of phenols is 2. The van der Waals surface area contributed by atoms with Gasteiger partial charge >= 0.3 is 0 Å². The number of methoxy groups -OCH3 is 2. The van der Waals surface area contributed by atoms with E-state index in [9.17, 15) is 19.8 Å². The van der Waals surface area contributed by atoms with Crippen LogP contribution in [0.2, 0.25) is 0 Å². The van der Waals surface area contributed by atoms with Gasteiger partial charge in [0.05, 0.1) is 31.7 Å². The monoisotopic (exact) mass is 435 g/mol. The van der Waals surface area contributed by atoms with E-state index in [-0.39, 0.29) is 22.7 Å². The maximum absolute atomic E-state index is 12.7. The van der Waals surface area contributed by atoms with Gasteiger partial charge in [0.15, 0.2) is 11.5 Å². The van der Waals surface area contributed by atoms with Crippen molar-refractivity contribution in [2.75, 3.05) is 19.5 Å². The van der Waals surface area contributed by atoms with Crippen LogP contribution in [0.1, 0.15) is 26.3 Å². The largest absolute Gasteiger partial charge is 0.508 e. The fraction of sp³-hybridized carbons (Fsp3) is 0.0870. The molecule has 0 atom stereocenters. The Bertz CT molecular complexity index is 1180. The summed E-state index contributed by atoms with van der Waals surface area (Å²) in [4.78, 5) is 25.3. The number of nitrogens with zero attached hydrogens (tertiary/aromatic N) is 1. The Balaban J connectivity index is 1.74. The number of aromatic hydroxyl groups is 2. The number of anilines is 1. The van der Waals surface area contributed by atoms with Crippen LogP contribution >= 0.6 is 0 Å². The Labute approximate surface area is 183 Å². The Kier molecular flexibility index (Phi) is 6.92. The highest BCUT2D eigenvalue weighted by Crippen LogP contribution is 2.28. The quantitative estimate of drug-likeness (QED) is 0.333. The summed E-state index contributed by atoms with van der Waals surface area (Å²) >= 11 is 0. The van der Waals surface area contributed by atoms with Gasteiger partial charge in [-0.05, 0) is 42.5 Å². The molecule has 2 amide bonds. The molecular formula is C23H21N3O6. The number of carbonyl (C=O) groups is 2. The van der Waals surface area contributed by atoms with Crippen molar-refractivity contribution in [2.45, 2.75) is 0 Å². The third-order valence-corrected chi connectivity index (χ3v) is 4.45. The summed E-state index contributed by atoms with van der Waals surface area (Å²) in [5.74, 6) is -0.404. The molecular weight excluding hydrogens is 414 g/mol. The minimum atomic E-state index is -0.567. The topological polar surface area (TPSA) is 129 Å². The van der Waals surface area contributed by atoms with Crippen molar-refractivity contribution < 1.29 is 29.3 Å². The standard InChI is InChI=1S/C23H21N3O6/c1-31-20-10-8-14(11-21(20)32-2)22(29)25-18-6-4-3-5-17(18)23(30)26-24-13-15-7-9-16(27)12-19(15)28/h3-13,27-28H,1-2H3,(H,25,29)(H,26,30). The van der Waals surface area contributed by atoms with Crippen molar-refractivity contribution >= 4 is 23.7 Å². The van der Waals surface area contributed by atoms with Gasteiger partial charge < -0.3 is 25.0 Å². The van der Waals surface area contributed by atoms with Gasteiger partial charge in [0.25, 0.3) is 11.8 Å². The zero-order chi connectivity index (χ0) is 23.1. The molecule has 9 heteroatoms. The van der Waals surface area contributed by atoms with Gasteiger partial charge in [-0.25, -0.2) is 5.43 Å². The van der Waals surface area contributed by atoms with E-state index in [0.717, 1.165) is 6.07 Å². The molecule has 9 nitrogen and oxygen atoms in total. The van der Waals surface area contributed by atoms with Gasteiger partial charge in [0, 0.05) is 17.2 Å². The number of benzene rings is 3. The molecule has 0 unspecified atom stereocenters. The molecule has 0 aromatic heterocycles. The molecule has 0 heterocycles. The number of rotatable bonds is 7. The van der Waals surface area contributed by atoms with Crippen LogP contribution in [-0.2, 0) is 0 Å². The summed E-state index contributed by atoms with van der Waals surface area (Å²) < 4.78 is 10.4. The highest BCUT2D eigenvalue weighted by atomic mass is 16.5. The molecule has 3 rings (SSSR count). The van der Waals surface area contributed by atoms with Crippen LogP contribution in [0.3, 0.4) is 0 Å². The fourth-order valence-corrected chi connectivity index (χ4v) is 2.82. The summed E-state index contributed by atoms with van der Waals surface area (Å²) in [7, 11) is 2.97. The molecule has 0 fully saturated rings. The second-order valence-electron chi connectivity index (χ2n) is 6.51. The molecule has 0 saturated carbocycles. The lowest BCUT2D eigenvalue weighted by Crippen LogP contribution is -2.21. The fourth-order valence-electron chi connectivity index (χ4n) is 2.82. The Morgan fingerprint density at radius 1 is 0.906 bits per heavy atom. The summed E-state index contributed by atoms with van der Waals surface area (Å²) in [5, 5.41) is 25.6. The molecule has 0 bridgehead atoms. The first kappa shape index (κ1) is 22.2. The van der Waals surface area contributed by atoms with Crippen molar-refractivity contribution in [1.82, 2.24) is 5.43 Å². The van der Waals surface area contributed by atoms with Crippen molar-refractivity contribution in [2.24, 2.45) is 5.10 Å². The van der Waals surface area contributed by atoms with Crippen molar-refractivity contribution in [3.8, 4) is 23.0 Å². The van der Waals surface area contributed by atoms with Crippen LogP contribution in [0.15, 0.2) is 65.8 Å². The number of ether oxygens (including phenoxy) is 2. The van der Waals surface area contributed by atoms with E-state index < -0.39 is 11.8 Å². The maximum Gasteiger partial charge on any atom is 0.273 e. The number of hydrogen-bond donors (Lipinski definition) is 4. The van der Waals surface area contributed by atoms with E-state index in [1.165, 1.54) is 44.7 Å². The average Bonchev–Trinajstić information content (AvgIpc) is 2.80. The third-order valence-electron chi connectivity index (χ3n) is 4.45. The van der Waals surface area contributed by atoms with Crippen LogP contribution in [0.4, 0.5) is 5.69 Å². The molecule has 4 N–H and O–H groups in total. The summed E-state index contributed by atoms with van der Waals surface area (Å²) in [6, 6.07) is 15.1. The Morgan fingerprint density at radius 3 is 2.38 bits per heavy atom. The molecule has 0 aliphatic carbocycles. The number of carbonyl (C=O) groups excluding carboxylic acids is 2. The molecule has 0 radical (unpaired) electrons. The van der Waals surface area contributed by atoms with E-state index in [4.69, 9.17) is 9.47 Å². The van der Waals surface area contributed by atoms with Crippen molar-refractivity contribution in [1.29, 1.82) is 0 Å². The number of para-hydroxylation sites is 1. The van der Waals surface area contributed by atoms with E-state index in [0.29, 0.717) is 22.6 Å². The van der Waals surface area contributed by atoms with E-state index in [1.807, 2.05) is 0 Å². The van der Waals surface area contributed by atoms with Crippen molar-refractivity contribution in [3.05, 3.63) is 77.4 Å². The predicted molar refractivity (Wildman–Crippen MR) is 119 cm³/mol. The van der Waals surface area contributed by atoms with Crippen LogP contribution in [0.25, 0.3) is 0 Å². The van der Waals surface area contributed by atoms with Gasteiger partial charge in [0.2, 0.25) is 0 Å². The summed E-state index contributed by atoms with van der Waals surface area (Å²) in [5.41, 5.74) is 3.44. The first-order valence-electron chi connectivity index (χ1n) is 9.40. The number of phenolic OH excluding ortho intramolecular Hbond substituents is 2. The minimum Gasteiger partial charge on any atom is -0.508 e. The molecule has 3 aromatic carbocycles. The summed E-state index contributed by atoms with van der Waals surface area (Å²) in [6.45, 7) is 0. The Morgan fingerprint density at radius 2 is 1.66 bits per heavy atom. The number of hydrogen-bond acceptors (Lipinski definition) is 7. The highest BCUT2D eigenvalue weighted by molar-refractivity contribution is 6.09. The van der Waals surface area contributed by atoms with Crippen LogP contribution in [0.5, 0.6) is 23.0 Å². The first-order valence-corrected chi connectivity index (χ1v) is 9.40. The molecule has 0 spiro atoms. The maximum atomic E-state index is 12.7. The van der Waals surface area contributed by atoms with Crippen LogP contribution in [0, 0.1) is 0 Å². The molecule has 0 aliphatic rings. The lowest BCUT2D eigenvalue weighted by Gasteiger charge is -2.12. The zero-order valence-corrected chi connectivity index (χ0v) is 17.3. The lowest BCUT2D eigenvalue weighted by atomic mass is 10.1. The first-order chi connectivity index (χ1) is 15.4. The smallest absolute Gasteiger partial charge is 0.273 e. The molecule has 32 heavy (non-hydrogen) atoms. The number of nitrogens with one attached hydrogen (secondary N) is 2. The zero-order valence-electron chi connectivity index (χ0n) is 17.3. The van der Waals surface area contributed by atoms with Crippen molar-refractivity contribution in [3.63, 3.8) is 0 Å². The second kappa shape index (κ2) is 9.98. The van der Waals surface area contributed by atoms with E-state index in [2.05, 4.69) is 15.8 Å². The summed E-state index contributed by atoms with van der Waals surface area (Å²) in [6.07, 6.45) is 1.23. The number of hydrazone groups is 1. The normalized spacial score (nSPS) is 10.6. The average molecular weight is 435 g/mol. The Hall–Kier alpha value is -4.53. The molecule has 164 valence electrons. The van der Waals surface area contributed by atoms with Gasteiger partial charge in [-0.15, -0.1) is 0 Å². The van der Waals surface area contributed by atoms with Gasteiger partial charge in [-0.1, -0.05) is 12.1 Å². The van der Waals surface area contributed by atoms with E-state index in [1.54, 1.807) is 30.3 Å². The molecule has 0 aliphatic heterocycles. The molecule has 3 aromatic rings. The third kappa shape index (κ3) is 5.14.